The fraction of sp³-hybridized carbons (Fsp3) is 0.647. The van der Waals surface area contributed by atoms with Crippen LogP contribution in [0.3, 0.4) is 0 Å². The van der Waals surface area contributed by atoms with E-state index in [4.69, 9.17) is 10.5 Å². The van der Waals surface area contributed by atoms with Crippen molar-refractivity contribution in [1.29, 1.82) is 0 Å². The van der Waals surface area contributed by atoms with Crippen molar-refractivity contribution >= 4 is 0 Å². The Labute approximate surface area is 117 Å². The summed E-state index contributed by atoms with van der Waals surface area (Å²) in [4.78, 5) is 0. The van der Waals surface area contributed by atoms with E-state index in [1.165, 1.54) is 42.4 Å². The van der Waals surface area contributed by atoms with Gasteiger partial charge in [-0.15, -0.1) is 0 Å². The minimum absolute atomic E-state index is 0.298. The number of ether oxygens (including phenoxy) is 1. The standard InChI is InChI=1S/C17H27NO/c1-12-9-10-13(2)17(14(12)3)19-16-8-6-4-5-7-15(16)11-18/h9-10,15-16H,4-8,11,18H2,1-3H3. The summed E-state index contributed by atoms with van der Waals surface area (Å²) in [5.41, 5.74) is 9.76. The first-order valence-electron chi connectivity index (χ1n) is 7.57. The normalized spacial score (nSPS) is 24.0. The van der Waals surface area contributed by atoms with Crippen LogP contribution in [0.15, 0.2) is 12.1 Å². The molecular weight excluding hydrogens is 234 g/mol. The van der Waals surface area contributed by atoms with E-state index in [0.29, 0.717) is 12.0 Å². The molecule has 2 N–H and O–H groups in total. The quantitative estimate of drug-likeness (QED) is 0.838. The summed E-state index contributed by atoms with van der Waals surface area (Å²) in [6.45, 7) is 7.19. The molecule has 0 bridgehead atoms. The minimum atomic E-state index is 0.298. The molecule has 2 unspecified atom stereocenters. The van der Waals surface area contributed by atoms with Gasteiger partial charge in [0.15, 0.2) is 0 Å². The van der Waals surface area contributed by atoms with Gasteiger partial charge in [-0.1, -0.05) is 25.0 Å². The van der Waals surface area contributed by atoms with Crippen molar-refractivity contribution in [2.45, 2.75) is 59.0 Å². The molecule has 0 heterocycles. The summed E-state index contributed by atoms with van der Waals surface area (Å²) >= 11 is 0. The van der Waals surface area contributed by atoms with Gasteiger partial charge in [0.2, 0.25) is 0 Å². The topological polar surface area (TPSA) is 35.2 Å². The zero-order chi connectivity index (χ0) is 13.8. The van der Waals surface area contributed by atoms with Crippen LogP contribution in [0.1, 0.15) is 48.8 Å². The van der Waals surface area contributed by atoms with E-state index in [-0.39, 0.29) is 0 Å². The van der Waals surface area contributed by atoms with Crippen molar-refractivity contribution in [3.8, 4) is 5.75 Å². The van der Waals surface area contributed by atoms with E-state index in [9.17, 15) is 0 Å². The molecule has 0 radical (unpaired) electrons. The summed E-state index contributed by atoms with van der Waals surface area (Å²) in [6, 6.07) is 4.33. The van der Waals surface area contributed by atoms with Gasteiger partial charge in [0, 0.05) is 5.92 Å². The number of hydrogen-bond acceptors (Lipinski definition) is 2. The molecule has 1 fully saturated rings. The van der Waals surface area contributed by atoms with Crippen LogP contribution in [-0.2, 0) is 0 Å². The maximum absolute atomic E-state index is 6.40. The highest BCUT2D eigenvalue weighted by molar-refractivity contribution is 5.44. The predicted octanol–water partition coefficient (Wildman–Crippen LogP) is 3.90. The molecule has 1 aromatic rings. The molecule has 1 aliphatic rings. The van der Waals surface area contributed by atoms with E-state index in [1.807, 2.05) is 0 Å². The minimum Gasteiger partial charge on any atom is -0.490 e. The third-order valence-corrected chi connectivity index (χ3v) is 4.53. The maximum atomic E-state index is 6.40. The highest BCUT2D eigenvalue weighted by Crippen LogP contribution is 2.31. The zero-order valence-corrected chi connectivity index (χ0v) is 12.5. The van der Waals surface area contributed by atoms with E-state index in [0.717, 1.165) is 18.7 Å². The first-order chi connectivity index (χ1) is 9.13. The van der Waals surface area contributed by atoms with Crippen molar-refractivity contribution in [1.82, 2.24) is 0 Å². The molecule has 19 heavy (non-hydrogen) atoms. The molecule has 1 aromatic carbocycles. The number of aryl methyl sites for hydroxylation is 2. The summed E-state index contributed by atoms with van der Waals surface area (Å²) in [6.07, 6.45) is 6.55. The van der Waals surface area contributed by atoms with Crippen LogP contribution in [0.25, 0.3) is 0 Å². The van der Waals surface area contributed by atoms with Crippen LogP contribution in [0.2, 0.25) is 0 Å². The Morgan fingerprint density at radius 1 is 1.05 bits per heavy atom. The third kappa shape index (κ3) is 3.30. The van der Waals surface area contributed by atoms with Gasteiger partial charge < -0.3 is 10.5 Å². The van der Waals surface area contributed by atoms with Crippen molar-refractivity contribution in [3.63, 3.8) is 0 Å². The molecule has 0 aliphatic heterocycles. The monoisotopic (exact) mass is 261 g/mol. The molecule has 2 heteroatoms. The van der Waals surface area contributed by atoms with Crippen molar-refractivity contribution in [2.24, 2.45) is 11.7 Å². The lowest BCUT2D eigenvalue weighted by molar-refractivity contribution is 0.128. The number of rotatable bonds is 3. The van der Waals surface area contributed by atoms with Crippen molar-refractivity contribution < 1.29 is 4.74 Å². The van der Waals surface area contributed by atoms with Crippen LogP contribution in [0.4, 0.5) is 0 Å². The Morgan fingerprint density at radius 2 is 1.74 bits per heavy atom. The molecule has 1 saturated carbocycles. The lowest BCUT2D eigenvalue weighted by atomic mass is 9.97. The Bertz CT molecular complexity index is 428. The van der Waals surface area contributed by atoms with Gasteiger partial charge in [-0.2, -0.15) is 0 Å². The second-order valence-corrected chi connectivity index (χ2v) is 5.94. The molecule has 0 aromatic heterocycles. The molecule has 0 saturated heterocycles. The molecule has 2 atom stereocenters. The molecule has 0 amide bonds. The van der Waals surface area contributed by atoms with Gasteiger partial charge in [-0.3, -0.25) is 0 Å². The second-order valence-electron chi connectivity index (χ2n) is 5.94. The highest BCUT2D eigenvalue weighted by Gasteiger charge is 2.25. The van der Waals surface area contributed by atoms with Crippen LogP contribution in [-0.4, -0.2) is 12.6 Å². The fourth-order valence-electron chi connectivity index (χ4n) is 3.03. The lowest BCUT2D eigenvalue weighted by Gasteiger charge is -2.27. The summed E-state index contributed by atoms with van der Waals surface area (Å²) < 4.78 is 6.40. The summed E-state index contributed by atoms with van der Waals surface area (Å²) in [5.74, 6) is 1.60. The Hall–Kier alpha value is -1.02. The number of nitrogens with two attached hydrogens (primary N) is 1. The first kappa shape index (κ1) is 14.4. The van der Waals surface area contributed by atoms with E-state index >= 15 is 0 Å². The zero-order valence-electron chi connectivity index (χ0n) is 12.5. The van der Waals surface area contributed by atoms with Gasteiger partial charge in [0.25, 0.3) is 0 Å². The van der Waals surface area contributed by atoms with Crippen LogP contribution >= 0.6 is 0 Å². The van der Waals surface area contributed by atoms with Crippen LogP contribution in [0.5, 0.6) is 5.75 Å². The first-order valence-corrected chi connectivity index (χ1v) is 7.57. The third-order valence-electron chi connectivity index (χ3n) is 4.53. The molecular formula is C17H27NO. The maximum Gasteiger partial charge on any atom is 0.125 e. The Morgan fingerprint density at radius 3 is 2.47 bits per heavy atom. The molecule has 1 aliphatic carbocycles. The molecule has 2 rings (SSSR count). The lowest BCUT2D eigenvalue weighted by Crippen LogP contribution is -2.32. The number of benzene rings is 1. The van der Waals surface area contributed by atoms with E-state index in [2.05, 4.69) is 32.9 Å². The summed E-state index contributed by atoms with van der Waals surface area (Å²) in [5, 5.41) is 0. The van der Waals surface area contributed by atoms with Gasteiger partial charge in [0.1, 0.15) is 11.9 Å². The van der Waals surface area contributed by atoms with Crippen LogP contribution < -0.4 is 10.5 Å². The second kappa shape index (κ2) is 6.42. The number of hydrogen-bond donors (Lipinski definition) is 1. The smallest absolute Gasteiger partial charge is 0.125 e. The van der Waals surface area contributed by atoms with Crippen LogP contribution in [0, 0.1) is 26.7 Å². The molecule has 0 spiro atoms. The Kier molecular flexibility index (Phi) is 4.87. The van der Waals surface area contributed by atoms with E-state index in [1.54, 1.807) is 0 Å². The highest BCUT2D eigenvalue weighted by atomic mass is 16.5. The SMILES string of the molecule is Cc1ccc(C)c(OC2CCCCCC2CN)c1C. The average molecular weight is 261 g/mol. The average Bonchev–Trinajstić information content (AvgIpc) is 2.64. The van der Waals surface area contributed by atoms with Crippen molar-refractivity contribution in [2.75, 3.05) is 6.54 Å². The Balaban J connectivity index is 2.21. The van der Waals surface area contributed by atoms with Gasteiger partial charge in [-0.25, -0.2) is 0 Å². The predicted molar refractivity (Wildman–Crippen MR) is 80.7 cm³/mol. The fourth-order valence-corrected chi connectivity index (χ4v) is 3.03. The molecule has 2 nitrogen and oxygen atoms in total. The molecule has 106 valence electrons. The van der Waals surface area contributed by atoms with Gasteiger partial charge in [0.05, 0.1) is 0 Å². The largest absolute Gasteiger partial charge is 0.490 e. The summed E-state index contributed by atoms with van der Waals surface area (Å²) in [7, 11) is 0. The van der Waals surface area contributed by atoms with E-state index < -0.39 is 0 Å². The van der Waals surface area contributed by atoms with Gasteiger partial charge in [-0.05, 0) is 63.3 Å². The van der Waals surface area contributed by atoms with Crippen molar-refractivity contribution in [3.05, 3.63) is 28.8 Å². The van der Waals surface area contributed by atoms with Gasteiger partial charge >= 0.3 is 0 Å².